The molecule has 1 aliphatic heterocycles. The second kappa shape index (κ2) is 4.31. The number of piperidine rings is 1. The summed E-state index contributed by atoms with van der Waals surface area (Å²) >= 11 is 0. The SMILES string of the molecule is CC1C(=O)NC(=O)CC1c1cnn(C(C)C)c1. The van der Waals surface area contributed by atoms with Crippen molar-refractivity contribution < 1.29 is 9.59 Å². The van der Waals surface area contributed by atoms with Crippen LogP contribution in [0.3, 0.4) is 0 Å². The van der Waals surface area contributed by atoms with Crippen LogP contribution < -0.4 is 5.32 Å². The zero-order valence-corrected chi connectivity index (χ0v) is 10.3. The molecule has 0 aromatic carbocycles. The Labute approximate surface area is 100 Å². The highest BCUT2D eigenvalue weighted by Crippen LogP contribution is 2.31. The Morgan fingerprint density at radius 1 is 1.47 bits per heavy atom. The van der Waals surface area contributed by atoms with Crippen molar-refractivity contribution in [1.29, 1.82) is 0 Å². The van der Waals surface area contributed by atoms with E-state index < -0.39 is 0 Å². The van der Waals surface area contributed by atoms with Gasteiger partial charge < -0.3 is 0 Å². The average molecular weight is 235 g/mol. The van der Waals surface area contributed by atoms with E-state index in [1.165, 1.54) is 0 Å². The van der Waals surface area contributed by atoms with Crippen molar-refractivity contribution in [2.24, 2.45) is 5.92 Å². The molecule has 1 aromatic rings. The lowest BCUT2D eigenvalue weighted by molar-refractivity contribution is -0.136. The van der Waals surface area contributed by atoms with E-state index in [0.29, 0.717) is 6.42 Å². The molecule has 2 rings (SSSR count). The highest BCUT2D eigenvalue weighted by Gasteiger charge is 2.34. The molecule has 0 saturated carbocycles. The summed E-state index contributed by atoms with van der Waals surface area (Å²) in [6.07, 6.45) is 4.04. The molecular weight excluding hydrogens is 218 g/mol. The van der Waals surface area contributed by atoms with Gasteiger partial charge in [0.25, 0.3) is 0 Å². The first-order valence-corrected chi connectivity index (χ1v) is 5.86. The minimum absolute atomic E-state index is 0.0521. The van der Waals surface area contributed by atoms with Gasteiger partial charge in [-0.3, -0.25) is 19.6 Å². The largest absolute Gasteiger partial charge is 0.296 e. The predicted octanol–water partition coefficient (Wildman–Crippen LogP) is 1.23. The molecule has 1 fully saturated rings. The number of nitrogens with one attached hydrogen (secondary N) is 1. The van der Waals surface area contributed by atoms with E-state index in [9.17, 15) is 9.59 Å². The van der Waals surface area contributed by atoms with Gasteiger partial charge in [0.05, 0.1) is 6.20 Å². The van der Waals surface area contributed by atoms with Crippen LogP contribution in [-0.4, -0.2) is 21.6 Å². The quantitative estimate of drug-likeness (QED) is 0.784. The number of carbonyl (C=O) groups is 2. The fraction of sp³-hybridized carbons (Fsp3) is 0.583. The van der Waals surface area contributed by atoms with Gasteiger partial charge in [-0.1, -0.05) is 6.92 Å². The van der Waals surface area contributed by atoms with Crippen molar-refractivity contribution in [3.8, 4) is 0 Å². The van der Waals surface area contributed by atoms with E-state index in [2.05, 4.69) is 10.4 Å². The van der Waals surface area contributed by atoms with Crippen LogP contribution in [0.15, 0.2) is 12.4 Å². The van der Waals surface area contributed by atoms with Gasteiger partial charge in [0, 0.05) is 30.5 Å². The minimum Gasteiger partial charge on any atom is -0.296 e. The van der Waals surface area contributed by atoms with Gasteiger partial charge in [-0.25, -0.2) is 0 Å². The Bertz CT molecular complexity index is 450. The summed E-state index contributed by atoms with van der Waals surface area (Å²) in [6, 6.07) is 0.284. The predicted molar refractivity (Wildman–Crippen MR) is 62.3 cm³/mol. The third kappa shape index (κ3) is 2.23. The van der Waals surface area contributed by atoms with Gasteiger partial charge in [-0.2, -0.15) is 5.10 Å². The summed E-state index contributed by atoms with van der Waals surface area (Å²) in [7, 11) is 0. The molecular formula is C12H17N3O2. The number of amides is 2. The lowest BCUT2D eigenvalue weighted by Gasteiger charge is -2.26. The Morgan fingerprint density at radius 3 is 2.76 bits per heavy atom. The van der Waals surface area contributed by atoms with Gasteiger partial charge in [0.2, 0.25) is 11.8 Å². The monoisotopic (exact) mass is 235 g/mol. The number of nitrogens with zero attached hydrogens (tertiary/aromatic N) is 2. The standard InChI is InChI=1S/C12H17N3O2/c1-7(2)15-6-9(5-13-15)10-4-11(16)14-12(17)8(10)3/h5-8,10H,4H2,1-3H3,(H,14,16,17). The summed E-state index contributed by atoms with van der Waals surface area (Å²) in [4.78, 5) is 23.0. The molecule has 5 heteroatoms. The molecule has 5 nitrogen and oxygen atoms in total. The van der Waals surface area contributed by atoms with E-state index in [4.69, 9.17) is 0 Å². The van der Waals surface area contributed by atoms with Gasteiger partial charge >= 0.3 is 0 Å². The molecule has 2 heterocycles. The maximum Gasteiger partial charge on any atom is 0.230 e. The first kappa shape index (κ1) is 11.8. The lowest BCUT2D eigenvalue weighted by atomic mass is 9.83. The van der Waals surface area contributed by atoms with Crippen molar-refractivity contribution >= 4 is 11.8 Å². The maximum atomic E-state index is 11.6. The number of rotatable bonds is 2. The number of hydrogen-bond donors (Lipinski definition) is 1. The van der Waals surface area contributed by atoms with Gasteiger partial charge in [-0.15, -0.1) is 0 Å². The molecule has 1 aromatic heterocycles. The molecule has 0 bridgehead atoms. The van der Waals surface area contributed by atoms with Crippen molar-refractivity contribution in [2.75, 3.05) is 0 Å². The highest BCUT2D eigenvalue weighted by molar-refractivity contribution is 5.99. The summed E-state index contributed by atoms with van der Waals surface area (Å²) in [6.45, 7) is 5.93. The molecule has 1 saturated heterocycles. The fourth-order valence-electron chi connectivity index (χ4n) is 2.09. The Kier molecular flexibility index (Phi) is 3.00. The van der Waals surface area contributed by atoms with Crippen molar-refractivity contribution in [1.82, 2.24) is 15.1 Å². The molecule has 0 radical (unpaired) electrons. The summed E-state index contributed by atoms with van der Waals surface area (Å²) < 4.78 is 1.85. The molecule has 2 unspecified atom stereocenters. The smallest absolute Gasteiger partial charge is 0.230 e. The van der Waals surface area contributed by atoms with Crippen molar-refractivity contribution in [3.05, 3.63) is 18.0 Å². The Balaban J connectivity index is 2.25. The van der Waals surface area contributed by atoms with Crippen LogP contribution in [0.25, 0.3) is 0 Å². The van der Waals surface area contributed by atoms with E-state index in [1.54, 1.807) is 6.20 Å². The molecule has 1 N–H and O–H groups in total. The van der Waals surface area contributed by atoms with Crippen molar-refractivity contribution in [3.63, 3.8) is 0 Å². The van der Waals surface area contributed by atoms with E-state index in [0.717, 1.165) is 5.56 Å². The lowest BCUT2D eigenvalue weighted by Crippen LogP contribution is -2.43. The average Bonchev–Trinajstić information content (AvgIpc) is 2.72. The molecule has 0 aliphatic carbocycles. The summed E-state index contributed by atoms with van der Waals surface area (Å²) in [5, 5.41) is 6.60. The molecule has 0 spiro atoms. The van der Waals surface area contributed by atoms with Crippen LogP contribution in [-0.2, 0) is 9.59 Å². The second-order valence-corrected chi connectivity index (χ2v) is 4.86. The third-order valence-electron chi connectivity index (χ3n) is 3.26. The fourth-order valence-corrected chi connectivity index (χ4v) is 2.09. The van der Waals surface area contributed by atoms with Crippen LogP contribution in [0.5, 0.6) is 0 Å². The number of carbonyl (C=O) groups excluding carboxylic acids is 2. The third-order valence-corrected chi connectivity index (χ3v) is 3.26. The topological polar surface area (TPSA) is 64.0 Å². The molecule has 17 heavy (non-hydrogen) atoms. The van der Waals surface area contributed by atoms with E-state index >= 15 is 0 Å². The highest BCUT2D eigenvalue weighted by atomic mass is 16.2. The first-order valence-electron chi connectivity index (χ1n) is 5.86. The zero-order valence-electron chi connectivity index (χ0n) is 10.3. The molecule has 92 valence electrons. The van der Waals surface area contributed by atoms with Crippen LogP contribution >= 0.6 is 0 Å². The van der Waals surface area contributed by atoms with Gasteiger partial charge in [0.1, 0.15) is 0 Å². The maximum absolute atomic E-state index is 11.6. The minimum atomic E-state index is -0.199. The summed E-state index contributed by atoms with van der Waals surface area (Å²) in [5.74, 6) is -0.625. The van der Waals surface area contributed by atoms with Crippen LogP contribution in [0.2, 0.25) is 0 Å². The number of aromatic nitrogens is 2. The van der Waals surface area contributed by atoms with Crippen LogP contribution in [0, 0.1) is 5.92 Å². The summed E-state index contributed by atoms with van der Waals surface area (Å²) in [5.41, 5.74) is 0.967. The van der Waals surface area contributed by atoms with Crippen LogP contribution in [0.1, 0.15) is 44.7 Å². The zero-order chi connectivity index (χ0) is 12.6. The van der Waals surface area contributed by atoms with Crippen LogP contribution in [0.4, 0.5) is 0 Å². The number of hydrogen-bond acceptors (Lipinski definition) is 3. The molecule has 2 atom stereocenters. The normalized spacial score (nSPS) is 25.2. The Morgan fingerprint density at radius 2 is 2.18 bits per heavy atom. The van der Waals surface area contributed by atoms with E-state index in [1.807, 2.05) is 31.6 Å². The van der Waals surface area contributed by atoms with E-state index in [-0.39, 0.29) is 29.7 Å². The first-order chi connectivity index (χ1) is 7.99. The second-order valence-electron chi connectivity index (χ2n) is 4.86. The van der Waals surface area contributed by atoms with Gasteiger partial charge in [0.15, 0.2) is 0 Å². The van der Waals surface area contributed by atoms with Gasteiger partial charge in [-0.05, 0) is 19.4 Å². The number of imide groups is 1. The molecule has 1 aliphatic rings. The molecule has 2 amide bonds. The van der Waals surface area contributed by atoms with Crippen molar-refractivity contribution in [2.45, 2.75) is 39.2 Å². The Hall–Kier alpha value is -1.65.